The summed E-state index contributed by atoms with van der Waals surface area (Å²) in [7, 11) is 4.94. The van der Waals surface area contributed by atoms with E-state index in [-0.39, 0.29) is 5.91 Å². The quantitative estimate of drug-likeness (QED) is 0.938. The van der Waals surface area contributed by atoms with Gasteiger partial charge >= 0.3 is 0 Å². The van der Waals surface area contributed by atoms with E-state index in [0.29, 0.717) is 28.4 Å². The van der Waals surface area contributed by atoms with Gasteiger partial charge in [0.05, 0.1) is 25.5 Å². The zero-order valence-electron chi connectivity index (χ0n) is 12.9. The Kier molecular flexibility index (Phi) is 4.16. The third kappa shape index (κ3) is 2.99. The summed E-state index contributed by atoms with van der Waals surface area (Å²) in [6.45, 7) is 3.68. The molecule has 0 saturated heterocycles. The molecule has 6 heteroatoms. The highest BCUT2D eigenvalue weighted by Gasteiger charge is 2.17. The average molecular weight is 289 g/mol. The number of carbonyl (C=O) groups excluding carboxylic acids is 1. The van der Waals surface area contributed by atoms with E-state index in [4.69, 9.17) is 9.47 Å². The topological polar surface area (TPSA) is 65.4 Å². The van der Waals surface area contributed by atoms with Crippen LogP contribution in [0.3, 0.4) is 0 Å². The predicted octanol–water partition coefficient (Wildman–Crippen LogP) is 2.31. The van der Waals surface area contributed by atoms with E-state index in [1.165, 1.54) is 0 Å². The van der Waals surface area contributed by atoms with Crippen molar-refractivity contribution in [3.05, 3.63) is 35.2 Å². The molecule has 2 rings (SSSR count). The number of benzene rings is 1. The van der Waals surface area contributed by atoms with Crippen molar-refractivity contribution in [3.63, 3.8) is 0 Å². The maximum absolute atomic E-state index is 12.4. The first kappa shape index (κ1) is 14.9. The maximum atomic E-state index is 12.4. The number of anilines is 1. The first-order valence-corrected chi connectivity index (χ1v) is 6.51. The molecule has 1 aromatic heterocycles. The van der Waals surface area contributed by atoms with Gasteiger partial charge in [0, 0.05) is 36.6 Å². The lowest BCUT2D eigenvalue weighted by Gasteiger charge is -2.10. The maximum Gasteiger partial charge on any atom is 0.259 e. The van der Waals surface area contributed by atoms with Gasteiger partial charge in [-0.25, -0.2) is 0 Å². The number of hydrogen-bond acceptors (Lipinski definition) is 4. The van der Waals surface area contributed by atoms with Gasteiger partial charge in [0.15, 0.2) is 0 Å². The number of nitrogens with zero attached hydrogens (tertiary/aromatic N) is 2. The number of nitrogens with one attached hydrogen (secondary N) is 1. The van der Waals surface area contributed by atoms with Crippen LogP contribution in [0, 0.1) is 13.8 Å². The number of ether oxygens (including phenoxy) is 2. The van der Waals surface area contributed by atoms with Crippen molar-refractivity contribution < 1.29 is 14.3 Å². The van der Waals surface area contributed by atoms with E-state index < -0.39 is 0 Å². The van der Waals surface area contributed by atoms with Crippen LogP contribution < -0.4 is 14.8 Å². The second-order valence-corrected chi connectivity index (χ2v) is 4.72. The smallest absolute Gasteiger partial charge is 0.259 e. The lowest BCUT2D eigenvalue weighted by molar-refractivity contribution is 0.102. The highest BCUT2D eigenvalue weighted by molar-refractivity contribution is 6.06. The van der Waals surface area contributed by atoms with Gasteiger partial charge < -0.3 is 14.8 Å². The van der Waals surface area contributed by atoms with E-state index in [0.717, 1.165) is 5.69 Å². The van der Waals surface area contributed by atoms with Crippen LogP contribution in [-0.4, -0.2) is 29.9 Å². The van der Waals surface area contributed by atoms with Gasteiger partial charge in [0.1, 0.15) is 11.5 Å². The molecular weight excluding hydrogens is 270 g/mol. The standard InChI is InChI=1S/C15H19N3O3/c1-9-14(10(2)18(3)17-9)15(19)16-11-6-12(20-4)8-13(7-11)21-5/h6-8H,1-5H3,(H,16,19). The third-order valence-electron chi connectivity index (χ3n) is 3.35. The van der Waals surface area contributed by atoms with Crippen molar-refractivity contribution in [2.24, 2.45) is 7.05 Å². The highest BCUT2D eigenvalue weighted by atomic mass is 16.5. The van der Waals surface area contributed by atoms with Gasteiger partial charge in [-0.15, -0.1) is 0 Å². The van der Waals surface area contributed by atoms with Crippen LogP contribution >= 0.6 is 0 Å². The molecule has 0 bridgehead atoms. The summed E-state index contributed by atoms with van der Waals surface area (Å²) in [6.07, 6.45) is 0. The van der Waals surface area contributed by atoms with Gasteiger partial charge in [-0.1, -0.05) is 0 Å². The van der Waals surface area contributed by atoms with Crippen molar-refractivity contribution in [3.8, 4) is 11.5 Å². The molecule has 0 radical (unpaired) electrons. The Balaban J connectivity index is 2.31. The molecule has 2 aromatic rings. The Hall–Kier alpha value is -2.50. The molecule has 1 heterocycles. The summed E-state index contributed by atoms with van der Waals surface area (Å²) in [5, 5.41) is 7.10. The van der Waals surface area contributed by atoms with E-state index in [1.807, 2.05) is 20.9 Å². The first-order chi connectivity index (χ1) is 9.96. The minimum atomic E-state index is -0.201. The summed E-state index contributed by atoms with van der Waals surface area (Å²) in [4.78, 5) is 12.4. The van der Waals surface area contributed by atoms with Crippen LogP contribution in [0.25, 0.3) is 0 Å². The molecule has 0 unspecified atom stereocenters. The molecule has 0 aliphatic rings. The number of carbonyl (C=O) groups is 1. The molecule has 0 atom stereocenters. The van der Waals surface area contributed by atoms with Crippen molar-refractivity contribution in [2.75, 3.05) is 19.5 Å². The number of aryl methyl sites for hydroxylation is 2. The number of rotatable bonds is 4. The SMILES string of the molecule is COc1cc(NC(=O)c2c(C)nn(C)c2C)cc(OC)c1. The van der Waals surface area contributed by atoms with Crippen molar-refractivity contribution >= 4 is 11.6 Å². The summed E-state index contributed by atoms with van der Waals surface area (Å²) < 4.78 is 12.1. The molecule has 1 N–H and O–H groups in total. The van der Waals surface area contributed by atoms with Gasteiger partial charge in [0.25, 0.3) is 5.91 Å². The van der Waals surface area contributed by atoms with Gasteiger partial charge in [-0.3, -0.25) is 9.48 Å². The van der Waals surface area contributed by atoms with Gasteiger partial charge in [-0.05, 0) is 13.8 Å². The van der Waals surface area contributed by atoms with Crippen LogP contribution in [-0.2, 0) is 7.05 Å². The highest BCUT2D eigenvalue weighted by Crippen LogP contribution is 2.26. The summed E-state index contributed by atoms with van der Waals surface area (Å²) in [6, 6.07) is 5.22. The van der Waals surface area contributed by atoms with Gasteiger partial charge in [-0.2, -0.15) is 5.10 Å². The molecule has 1 aromatic carbocycles. The van der Waals surface area contributed by atoms with Crippen LogP contribution in [0.5, 0.6) is 11.5 Å². The third-order valence-corrected chi connectivity index (χ3v) is 3.35. The number of amides is 1. The van der Waals surface area contributed by atoms with Crippen molar-refractivity contribution in [2.45, 2.75) is 13.8 Å². The first-order valence-electron chi connectivity index (χ1n) is 6.51. The molecular formula is C15H19N3O3. The summed E-state index contributed by atoms with van der Waals surface area (Å²) >= 11 is 0. The monoisotopic (exact) mass is 289 g/mol. The van der Waals surface area contributed by atoms with Crippen LogP contribution in [0.15, 0.2) is 18.2 Å². The van der Waals surface area contributed by atoms with E-state index in [9.17, 15) is 4.79 Å². The predicted molar refractivity (Wildman–Crippen MR) is 80.2 cm³/mol. The van der Waals surface area contributed by atoms with E-state index in [1.54, 1.807) is 37.1 Å². The molecule has 6 nitrogen and oxygen atoms in total. The lowest BCUT2D eigenvalue weighted by atomic mass is 10.1. The molecule has 112 valence electrons. The number of aromatic nitrogens is 2. The molecule has 0 spiro atoms. The normalized spacial score (nSPS) is 10.3. The Morgan fingerprint density at radius 2 is 1.71 bits per heavy atom. The average Bonchev–Trinajstić information content (AvgIpc) is 2.71. The second kappa shape index (κ2) is 5.87. The Morgan fingerprint density at radius 3 is 2.14 bits per heavy atom. The summed E-state index contributed by atoms with van der Waals surface area (Å²) in [5.74, 6) is 1.03. The van der Waals surface area contributed by atoms with Crippen molar-refractivity contribution in [1.82, 2.24) is 9.78 Å². The largest absolute Gasteiger partial charge is 0.497 e. The van der Waals surface area contributed by atoms with Crippen LogP contribution in [0.4, 0.5) is 5.69 Å². The molecule has 0 fully saturated rings. The molecule has 0 aliphatic carbocycles. The molecule has 21 heavy (non-hydrogen) atoms. The van der Waals surface area contributed by atoms with Crippen LogP contribution in [0.2, 0.25) is 0 Å². The van der Waals surface area contributed by atoms with Gasteiger partial charge in [0.2, 0.25) is 0 Å². The number of methoxy groups -OCH3 is 2. The minimum Gasteiger partial charge on any atom is -0.497 e. The molecule has 0 saturated carbocycles. The molecule has 1 amide bonds. The Labute approximate surface area is 123 Å². The molecule has 0 aliphatic heterocycles. The minimum absolute atomic E-state index is 0.201. The van der Waals surface area contributed by atoms with Crippen molar-refractivity contribution in [1.29, 1.82) is 0 Å². The number of hydrogen-bond donors (Lipinski definition) is 1. The fourth-order valence-electron chi connectivity index (χ4n) is 2.18. The fraction of sp³-hybridized carbons (Fsp3) is 0.333. The zero-order valence-corrected chi connectivity index (χ0v) is 12.9. The lowest BCUT2D eigenvalue weighted by Crippen LogP contribution is -2.14. The zero-order chi connectivity index (χ0) is 15.6. The van der Waals surface area contributed by atoms with E-state index >= 15 is 0 Å². The van der Waals surface area contributed by atoms with E-state index in [2.05, 4.69) is 10.4 Å². The Bertz CT molecular complexity index is 655. The second-order valence-electron chi connectivity index (χ2n) is 4.72. The summed E-state index contributed by atoms with van der Waals surface area (Å²) in [5.41, 5.74) is 2.71. The van der Waals surface area contributed by atoms with Crippen LogP contribution in [0.1, 0.15) is 21.7 Å². The fourth-order valence-corrected chi connectivity index (χ4v) is 2.18. The Morgan fingerprint density at radius 1 is 1.14 bits per heavy atom.